The molecule has 6 nitrogen and oxygen atoms in total. The minimum absolute atomic E-state index is 0.0734. The van der Waals surface area contributed by atoms with Crippen LogP contribution in [0.3, 0.4) is 0 Å². The Balaban J connectivity index is 1.49. The SMILES string of the molecule is Cc1nonc1CC(=O)N1CCCC(c2cc3ccccc3cn2)C1. The molecule has 1 unspecified atom stereocenters. The van der Waals surface area contributed by atoms with Crippen LogP contribution in [0.4, 0.5) is 0 Å². The predicted molar refractivity (Wildman–Crippen MR) is 93.0 cm³/mol. The molecule has 0 N–H and O–H groups in total. The summed E-state index contributed by atoms with van der Waals surface area (Å²) in [5.41, 5.74) is 2.37. The number of fused-ring (bicyclic) bond motifs is 1. The fraction of sp³-hybridized carbons (Fsp3) is 0.368. The van der Waals surface area contributed by atoms with Crippen LogP contribution in [0.15, 0.2) is 41.2 Å². The van der Waals surface area contributed by atoms with Crippen molar-refractivity contribution in [2.75, 3.05) is 13.1 Å². The Labute approximate surface area is 145 Å². The van der Waals surface area contributed by atoms with Gasteiger partial charge in [0, 0.05) is 36.3 Å². The smallest absolute Gasteiger partial charge is 0.228 e. The zero-order chi connectivity index (χ0) is 17.2. The van der Waals surface area contributed by atoms with Crippen LogP contribution in [-0.4, -0.2) is 39.2 Å². The van der Waals surface area contributed by atoms with Crippen molar-refractivity contribution >= 4 is 16.7 Å². The molecule has 128 valence electrons. The molecule has 1 fully saturated rings. The van der Waals surface area contributed by atoms with Gasteiger partial charge in [0.05, 0.1) is 6.42 Å². The third-order valence-electron chi connectivity index (χ3n) is 4.91. The second kappa shape index (κ2) is 6.63. The van der Waals surface area contributed by atoms with E-state index in [1.807, 2.05) is 23.2 Å². The Morgan fingerprint density at radius 3 is 2.92 bits per heavy atom. The number of benzene rings is 1. The van der Waals surface area contributed by atoms with Crippen LogP contribution in [0.1, 0.15) is 35.8 Å². The summed E-state index contributed by atoms with van der Waals surface area (Å²) in [5.74, 6) is 0.350. The highest BCUT2D eigenvalue weighted by atomic mass is 16.6. The second-order valence-electron chi connectivity index (χ2n) is 6.61. The van der Waals surface area contributed by atoms with Crippen molar-refractivity contribution in [1.82, 2.24) is 20.2 Å². The van der Waals surface area contributed by atoms with E-state index in [9.17, 15) is 4.79 Å². The topological polar surface area (TPSA) is 72.1 Å². The number of pyridine rings is 1. The Hall–Kier alpha value is -2.76. The van der Waals surface area contributed by atoms with E-state index in [1.54, 1.807) is 6.92 Å². The molecule has 1 aromatic carbocycles. The largest absolute Gasteiger partial charge is 0.342 e. The maximum absolute atomic E-state index is 12.6. The minimum Gasteiger partial charge on any atom is -0.342 e. The third kappa shape index (κ3) is 3.24. The number of aromatic nitrogens is 3. The van der Waals surface area contributed by atoms with E-state index in [0.717, 1.165) is 30.5 Å². The number of rotatable bonds is 3. The van der Waals surface area contributed by atoms with Crippen LogP contribution in [0, 0.1) is 6.92 Å². The molecule has 25 heavy (non-hydrogen) atoms. The average Bonchev–Trinajstić information content (AvgIpc) is 3.06. The van der Waals surface area contributed by atoms with Crippen LogP contribution in [0.25, 0.3) is 10.8 Å². The van der Waals surface area contributed by atoms with Crippen molar-refractivity contribution in [3.05, 3.63) is 53.6 Å². The van der Waals surface area contributed by atoms with E-state index >= 15 is 0 Å². The zero-order valence-corrected chi connectivity index (χ0v) is 14.2. The van der Waals surface area contributed by atoms with Crippen molar-refractivity contribution in [1.29, 1.82) is 0 Å². The molecule has 0 radical (unpaired) electrons. The molecule has 6 heteroatoms. The fourth-order valence-electron chi connectivity index (χ4n) is 3.43. The van der Waals surface area contributed by atoms with Gasteiger partial charge in [-0.1, -0.05) is 34.6 Å². The summed E-state index contributed by atoms with van der Waals surface area (Å²) in [7, 11) is 0. The molecule has 0 saturated carbocycles. The van der Waals surface area contributed by atoms with Crippen LogP contribution in [0.2, 0.25) is 0 Å². The number of piperidine rings is 1. The summed E-state index contributed by atoms with van der Waals surface area (Å²) < 4.78 is 4.68. The van der Waals surface area contributed by atoms with Gasteiger partial charge in [0.25, 0.3) is 0 Å². The maximum atomic E-state index is 12.6. The zero-order valence-electron chi connectivity index (χ0n) is 14.2. The van der Waals surface area contributed by atoms with E-state index < -0.39 is 0 Å². The summed E-state index contributed by atoms with van der Waals surface area (Å²) in [6, 6.07) is 10.4. The third-order valence-corrected chi connectivity index (χ3v) is 4.91. The van der Waals surface area contributed by atoms with Crippen LogP contribution in [-0.2, 0) is 11.2 Å². The fourth-order valence-corrected chi connectivity index (χ4v) is 3.43. The molecule has 1 aliphatic heterocycles. The highest BCUT2D eigenvalue weighted by molar-refractivity contribution is 5.82. The van der Waals surface area contributed by atoms with Crippen molar-refractivity contribution in [3.8, 4) is 0 Å². The second-order valence-corrected chi connectivity index (χ2v) is 6.61. The number of carbonyl (C=O) groups excluding carboxylic acids is 1. The van der Waals surface area contributed by atoms with E-state index in [0.29, 0.717) is 17.9 Å². The standard InChI is InChI=1S/C19H20N4O2/c1-13-17(22-25-21-13)10-19(24)23-8-4-7-16(12-23)18-9-14-5-2-3-6-15(14)11-20-18/h2-3,5-6,9,11,16H,4,7-8,10,12H2,1H3. The first-order valence-corrected chi connectivity index (χ1v) is 8.61. The molecule has 4 rings (SSSR count). The molecule has 1 aliphatic rings. The summed E-state index contributed by atoms with van der Waals surface area (Å²) in [6.07, 6.45) is 4.21. The van der Waals surface area contributed by atoms with Crippen LogP contribution < -0.4 is 0 Å². The van der Waals surface area contributed by atoms with Crippen molar-refractivity contribution in [2.45, 2.75) is 32.1 Å². The molecule has 1 amide bonds. The van der Waals surface area contributed by atoms with E-state index in [4.69, 9.17) is 0 Å². The molecule has 0 bridgehead atoms. The molecule has 2 aromatic heterocycles. The molecule has 3 heterocycles. The quantitative estimate of drug-likeness (QED) is 0.735. The number of aryl methyl sites for hydroxylation is 1. The van der Waals surface area contributed by atoms with Crippen LogP contribution >= 0.6 is 0 Å². The van der Waals surface area contributed by atoms with Crippen molar-refractivity contribution in [3.63, 3.8) is 0 Å². The lowest BCUT2D eigenvalue weighted by molar-refractivity contribution is -0.131. The van der Waals surface area contributed by atoms with Gasteiger partial charge in [-0.15, -0.1) is 0 Å². The predicted octanol–water partition coefficient (Wildman–Crippen LogP) is 2.87. The molecule has 3 aromatic rings. The normalized spacial score (nSPS) is 17.8. The maximum Gasteiger partial charge on any atom is 0.228 e. The molecule has 1 saturated heterocycles. The number of hydrogen-bond acceptors (Lipinski definition) is 5. The number of hydrogen-bond donors (Lipinski definition) is 0. The Morgan fingerprint density at radius 1 is 1.28 bits per heavy atom. The molecular weight excluding hydrogens is 316 g/mol. The van der Waals surface area contributed by atoms with Gasteiger partial charge >= 0.3 is 0 Å². The molecule has 0 aliphatic carbocycles. The van der Waals surface area contributed by atoms with E-state index in [-0.39, 0.29) is 18.2 Å². The summed E-state index contributed by atoms with van der Waals surface area (Å²) in [4.78, 5) is 19.2. The van der Waals surface area contributed by atoms with Gasteiger partial charge in [0.1, 0.15) is 11.4 Å². The first-order valence-electron chi connectivity index (χ1n) is 8.61. The van der Waals surface area contributed by atoms with Gasteiger partial charge < -0.3 is 4.90 Å². The Bertz CT molecular complexity index is 905. The Morgan fingerprint density at radius 2 is 2.12 bits per heavy atom. The van der Waals surface area contributed by atoms with Gasteiger partial charge in [0.15, 0.2) is 0 Å². The monoisotopic (exact) mass is 336 g/mol. The Kier molecular flexibility index (Phi) is 4.17. The van der Waals surface area contributed by atoms with E-state index in [1.165, 1.54) is 5.39 Å². The highest BCUT2D eigenvalue weighted by Crippen LogP contribution is 2.28. The minimum atomic E-state index is 0.0734. The lowest BCUT2D eigenvalue weighted by Crippen LogP contribution is -2.40. The highest BCUT2D eigenvalue weighted by Gasteiger charge is 2.26. The average molecular weight is 336 g/mol. The van der Waals surface area contributed by atoms with Crippen LogP contribution in [0.5, 0.6) is 0 Å². The lowest BCUT2D eigenvalue weighted by atomic mass is 9.93. The number of nitrogens with zero attached hydrogens (tertiary/aromatic N) is 4. The van der Waals surface area contributed by atoms with Gasteiger partial charge in [-0.25, -0.2) is 4.63 Å². The summed E-state index contributed by atoms with van der Waals surface area (Å²) >= 11 is 0. The molecule has 0 spiro atoms. The van der Waals surface area contributed by atoms with Crippen molar-refractivity contribution < 1.29 is 9.42 Å². The molecule has 1 atom stereocenters. The first kappa shape index (κ1) is 15.7. The van der Waals surface area contributed by atoms with E-state index in [2.05, 4.69) is 38.1 Å². The number of carbonyl (C=O) groups is 1. The molecular formula is C19H20N4O2. The lowest BCUT2D eigenvalue weighted by Gasteiger charge is -2.32. The van der Waals surface area contributed by atoms with Gasteiger partial charge in [-0.3, -0.25) is 9.78 Å². The summed E-state index contributed by atoms with van der Waals surface area (Å²) in [5, 5.41) is 9.89. The number of amides is 1. The van der Waals surface area contributed by atoms with Crippen molar-refractivity contribution in [2.24, 2.45) is 0 Å². The van der Waals surface area contributed by atoms with Gasteiger partial charge in [-0.2, -0.15) is 0 Å². The van der Waals surface area contributed by atoms with Gasteiger partial charge in [-0.05, 0) is 31.2 Å². The summed E-state index contributed by atoms with van der Waals surface area (Å²) in [6.45, 7) is 3.29. The first-order chi connectivity index (χ1) is 12.2. The number of likely N-dealkylation sites (tertiary alicyclic amines) is 1. The van der Waals surface area contributed by atoms with Gasteiger partial charge in [0.2, 0.25) is 5.91 Å².